The van der Waals surface area contributed by atoms with Crippen molar-refractivity contribution in [2.75, 3.05) is 7.11 Å². The Balaban J connectivity index is 1.69. The molecule has 1 aromatic carbocycles. The van der Waals surface area contributed by atoms with Crippen molar-refractivity contribution in [1.29, 1.82) is 0 Å². The van der Waals surface area contributed by atoms with Gasteiger partial charge in [-0.05, 0) is 42.9 Å². The predicted octanol–water partition coefficient (Wildman–Crippen LogP) is 6.37. The van der Waals surface area contributed by atoms with Crippen LogP contribution in [0.25, 0.3) is 10.9 Å². The molecule has 1 aromatic heterocycles. The Morgan fingerprint density at radius 1 is 0.976 bits per heavy atom. The first-order chi connectivity index (χ1) is 19.6. The average Bonchev–Trinajstić information content (AvgIpc) is 3.26. The number of H-pyrrole nitrogens is 1. The molecule has 2 aromatic rings. The minimum atomic E-state index is -0.848. The number of amides is 3. The van der Waals surface area contributed by atoms with Crippen LogP contribution in [0.2, 0.25) is 0 Å². The van der Waals surface area contributed by atoms with E-state index in [1.807, 2.05) is 39.0 Å². The van der Waals surface area contributed by atoms with E-state index in [1.165, 1.54) is 4.90 Å². The molecule has 1 fully saturated rings. The molecule has 42 heavy (non-hydrogen) atoms. The Kier molecular flexibility index (Phi) is 8.96. The zero-order valence-electron chi connectivity index (χ0n) is 26.9. The third-order valence-electron chi connectivity index (χ3n) is 8.70. The molecule has 2 aliphatic heterocycles. The Morgan fingerprint density at radius 2 is 1.67 bits per heavy atom. The molecule has 2 aliphatic rings. The lowest BCUT2D eigenvalue weighted by Gasteiger charge is -2.50. The standard InChI is InChI=1S/C34H49N3O5/c1-20(2)17-26-29-23(22-16-15-21(42-9)18-24(22)35-29)19-27-31(40)37(32(41)34(6,7)8)25(30(39)36(26)27)13-11-10-12-14-28(38)33(3,4)5/h15-16,18,20,25-27,35H,10-14,17,19H2,1-9H3/t25-,26-,27-/m0/s1. The molecule has 1 saturated heterocycles. The first-order valence-electron chi connectivity index (χ1n) is 15.5. The van der Waals surface area contributed by atoms with Gasteiger partial charge in [-0.25, -0.2) is 0 Å². The largest absolute Gasteiger partial charge is 0.497 e. The number of carbonyl (C=O) groups excluding carboxylic acids is 4. The molecule has 0 spiro atoms. The summed E-state index contributed by atoms with van der Waals surface area (Å²) in [6.07, 6.45) is 4.07. The minimum absolute atomic E-state index is 0.157. The van der Waals surface area contributed by atoms with Gasteiger partial charge in [0.1, 0.15) is 23.6 Å². The van der Waals surface area contributed by atoms with Crippen LogP contribution in [0.3, 0.4) is 0 Å². The van der Waals surface area contributed by atoms with E-state index >= 15 is 0 Å². The molecule has 3 atom stereocenters. The minimum Gasteiger partial charge on any atom is -0.497 e. The number of Topliss-reactive ketones (excluding diaryl/α,β-unsaturated/α-hetero) is 1. The lowest BCUT2D eigenvalue weighted by Crippen LogP contribution is -2.69. The summed E-state index contributed by atoms with van der Waals surface area (Å²) in [6, 6.07) is 3.99. The summed E-state index contributed by atoms with van der Waals surface area (Å²) >= 11 is 0. The van der Waals surface area contributed by atoms with E-state index in [0.717, 1.165) is 40.8 Å². The Bertz CT molecular complexity index is 1360. The van der Waals surface area contributed by atoms with Crippen molar-refractivity contribution < 1.29 is 23.9 Å². The molecule has 0 unspecified atom stereocenters. The zero-order valence-corrected chi connectivity index (χ0v) is 26.9. The van der Waals surface area contributed by atoms with Crippen LogP contribution in [0.15, 0.2) is 18.2 Å². The molecule has 3 heterocycles. The fraction of sp³-hybridized carbons (Fsp3) is 0.647. The summed E-state index contributed by atoms with van der Waals surface area (Å²) in [6.45, 7) is 15.4. The molecule has 0 aliphatic carbocycles. The summed E-state index contributed by atoms with van der Waals surface area (Å²) in [7, 11) is 1.63. The molecule has 8 nitrogen and oxygen atoms in total. The number of ketones is 1. The molecule has 0 radical (unpaired) electrons. The Hall–Kier alpha value is -3.16. The highest BCUT2D eigenvalue weighted by molar-refractivity contribution is 6.08. The summed E-state index contributed by atoms with van der Waals surface area (Å²) in [5, 5.41) is 1.01. The van der Waals surface area contributed by atoms with E-state index in [0.29, 0.717) is 32.1 Å². The normalized spacial score (nSPS) is 21.1. The van der Waals surface area contributed by atoms with Crippen LogP contribution in [-0.2, 0) is 25.6 Å². The molecular formula is C34H49N3O5. The fourth-order valence-electron chi connectivity index (χ4n) is 6.35. The van der Waals surface area contributed by atoms with Gasteiger partial charge in [-0.2, -0.15) is 0 Å². The molecule has 0 bridgehead atoms. The summed E-state index contributed by atoms with van der Waals surface area (Å²) < 4.78 is 5.44. The highest BCUT2D eigenvalue weighted by atomic mass is 16.5. The zero-order chi connectivity index (χ0) is 31.1. The van der Waals surface area contributed by atoms with Crippen molar-refractivity contribution in [3.05, 3.63) is 29.5 Å². The van der Waals surface area contributed by atoms with Gasteiger partial charge in [0.15, 0.2) is 0 Å². The number of methoxy groups -OCH3 is 1. The Labute approximate surface area is 250 Å². The summed E-state index contributed by atoms with van der Waals surface area (Å²) in [5.74, 6) is 0.468. The smallest absolute Gasteiger partial charge is 0.253 e. The second kappa shape index (κ2) is 11.8. The van der Waals surface area contributed by atoms with Crippen molar-refractivity contribution in [2.24, 2.45) is 16.7 Å². The predicted molar refractivity (Wildman–Crippen MR) is 164 cm³/mol. The summed E-state index contributed by atoms with van der Waals surface area (Å²) in [4.78, 5) is 61.6. The van der Waals surface area contributed by atoms with E-state index in [1.54, 1.807) is 32.8 Å². The van der Waals surface area contributed by atoms with E-state index in [9.17, 15) is 19.2 Å². The van der Waals surface area contributed by atoms with Gasteiger partial charge in [-0.15, -0.1) is 0 Å². The number of fused-ring (bicyclic) bond motifs is 4. The number of aromatic nitrogens is 1. The van der Waals surface area contributed by atoms with Gasteiger partial charge in [0.25, 0.3) is 5.91 Å². The highest BCUT2D eigenvalue weighted by Crippen LogP contribution is 2.44. The van der Waals surface area contributed by atoms with Crippen molar-refractivity contribution in [3.63, 3.8) is 0 Å². The maximum absolute atomic E-state index is 14.5. The van der Waals surface area contributed by atoms with E-state index in [-0.39, 0.29) is 40.9 Å². The van der Waals surface area contributed by atoms with Gasteiger partial charge in [-0.3, -0.25) is 24.1 Å². The first kappa shape index (κ1) is 31.8. The third-order valence-corrected chi connectivity index (χ3v) is 8.70. The van der Waals surface area contributed by atoms with E-state index in [2.05, 4.69) is 18.8 Å². The third kappa shape index (κ3) is 6.13. The van der Waals surface area contributed by atoms with E-state index < -0.39 is 17.5 Å². The van der Waals surface area contributed by atoms with Crippen molar-refractivity contribution in [3.8, 4) is 5.75 Å². The quantitative estimate of drug-likeness (QED) is 0.348. The molecule has 0 saturated carbocycles. The molecular weight excluding hydrogens is 530 g/mol. The average molecular weight is 580 g/mol. The number of nitrogens with one attached hydrogen (secondary N) is 1. The van der Waals surface area contributed by atoms with Gasteiger partial charge in [0.05, 0.1) is 13.2 Å². The van der Waals surface area contributed by atoms with Gasteiger partial charge in [0, 0.05) is 46.3 Å². The van der Waals surface area contributed by atoms with Gasteiger partial charge < -0.3 is 14.6 Å². The number of benzene rings is 1. The van der Waals surface area contributed by atoms with Gasteiger partial charge in [0.2, 0.25) is 11.8 Å². The number of hydrogen-bond donors (Lipinski definition) is 1. The topological polar surface area (TPSA) is 99.8 Å². The highest BCUT2D eigenvalue weighted by Gasteiger charge is 2.54. The lowest BCUT2D eigenvalue weighted by atomic mass is 9.83. The van der Waals surface area contributed by atoms with Crippen LogP contribution in [0.1, 0.15) is 111 Å². The SMILES string of the molecule is COc1ccc2c3c([nH]c2c1)[C@H](CC(C)C)N1C(=O)[C@H](CCCCCC(=O)C(C)(C)C)N(C(=O)C(C)(C)C)C(=O)[C@@H]1C3. The second-order valence-electron chi connectivity index (χ2n) is 14.6. The maximum atomic E-state index is 14.5. The number of piperazine rings is 1. The van der Waals surface area contributed by atoms with E-state index in [4.69, 9.17) is 4.74 Å². The maximum Gasteiger partial charge on any atom is 0.253 e. The van der Waals surface area contributed by atoms with Crippen molar-refractivity contribution >= 4 is 34.4 Å². The van der Waals surface area contributed by atoms with Crippen molar-refractivity contribution in [1.82, 2.24) is 14.8 Å². The number of hydrogen-bond acceptors (Lipinski definition) is 5. The first-order valence-corrected chi connectivity index (χ1v) is 15.5. The molecule has 3 amide bonds. The molecule has 4 rings (SSSR count). The number of carbonyl (C=O) groups is 4. The van der Waals surface area contributed by atoms with Gasteiger partial charge >= 0.3 is 0 Å². The molecule has 230 valence electrons. The van der Waals surface area contributed by atoms with Crippen LogP contribution in [0.5, 0.6) is 5.75 Å². The number of imide groups is 1. The van der Waals surface area contributed by atoms with Gasteiger partial charge in [-0.1, -0.05) is 68.2 Å². The van der Waals surface area contributed by atoms with Crippen LogP contribution in [0, 0.1) is 16.7 Å². The molecule has 1 N–H and O–H groups in total. The van der Waals surface area contributed by atoms with Crippen LogP contribution >= 0.6 is 0 Å². The second-order valence-corrected chi connectivity index (χ2v) is 14.6. The fourth-order valence-corrected chi connectivity index (χ4v) is 6.35. The monoisotopic (exact) mass is 579 g/mol. The Morgan fingerprint density at radius 3 is 2.26 bits per heavy atom. The number of rotatable bonds is 9. The van der Waals surface area contributed by atoms with Crippen molar-refractivity contribution in [2.45, 2.75) is 118 Å². The number of unbranched alkanes of at least 4 members (excludes halogenated alkanes) is 2. The van der Waals surface area contributed by atoms with Crippen LogP contribution in [-0.4, -0.2) is 57.5 Å². The van der Waals surface area contributed by atoms with Crippen LogP contribution < -0.4 is 4.74 Å². The number of ether oxygens (including phenoxy) is 1. The molecule has 8 heteroatoms. The summed E-state index contributed by atoms with van der Waals surface area (Å²) in [5.41, 5.74) is 1.73. The lowest BCUT2D eigenvalue weighted by molar-refractivity contribution is -0.174. The van der Waals surface area contributed by atoms with Crippen LogP contribution in [0.4, 0.5) is 0 Å². The number of nitrogens with zero attached hydrogens (tertiary/aromatic N) is 2. The number of aromatic amines is 1.